The lowest BCUT2D eigenvalue weighted by Gasteiger charge is -2.55. The van der Waals surface area contributed by atoms with Crippen LogP contribution in [0.5, 0.6) is 0 Å². The van der Waals surface area contributed by atoms with E-state index in [0.29, 0.717) is 21.8 Å². The number of fused-ring (bicyclic) bond motifs is 1. The Morgan fingerprint density at radius 1 is 1.29 bits per heavy atom. The Kier molecular flexibility index (Phi) is 2.44. The zero-order valence-corrected chi connectivity index (χ0v) is 12.9. The van der Waals surface area contributed by atoms with Gasteiger partial charge in [-0.25, -0.2) is 0 Å². The zero-order chi connectivity index (χ0) is 12.5. The number of ether oxygens (including phenoxy) is 1. The predicted molar refractivity (Wildman–Crippen MR) is 74.4 cm³/mol. The van der Waals surface area contributed by atoms with E-state index in [1.54, 1.807) is 5.57 Å². The van der Waals surface area contributed by atoms with Crippen LogP contribution in [0.2, 0.25) is 0 Å². The summed E-state index contributed by atoms with van der Waals surface area (Å²) in [5.41, 5.74) is 2.52. The molecule has 0 N–H and O–H groups in total. The highest BCUT2D eigenvalue weighted by Crippen LogP contribution is 2.65. The number of allylic oxidation sites excluding steroid dienone is 2. The summed E-state index contributed by atoms with van der Waals surface area (Å²) in [5, 5.41) is 0. The smallest absolute Gasteiger partial charge is 0.0921 e. The summed E-state index contributed by atoms with van der Waals surface area (Å²) >= 11 is 3.91. The average molecular weight is 299 g/mol. The van der Waals surface area contributed by atoms with Gasteiger partial charge in [0, 0.05) is 4.83 Å². The van der Waals surface area contributed by atoms with E-state index >= 15 is 0 Å². The Morgan fingerprint density at radius 3 is 2.65 bits per heavy atom. The van der Waals surface area contributed by atoms with E-state index in [2.05, 4.69) is 49.7 Å². The molecule has 1 aliphatic heterocycles. The lowest BCUT2D eigenvalue weighted by Crippen LogP contribution is -2.50. The lowest BCUT2D eigenvalue weighted by atomic mass is 9.51. The minimum atomic E-state index is 0.223. The fourth-order valence-electron chi connectivity index (χ4n) is 4.17. The molecule has 0 amide bonds. The number of hydrogen-bond acceptors (Lipinski definition) is 1. The lowest BCUT2D eigenvalue weighted by molar-refractivity contribution is 0.0558. The molecule has 1 nitrogen and oxygen atoms in total. The van der Waals surface area contributed by atoms with Crippen LogP contribution in [0.25, 0.3) is 0 Å². The quantitative estimate of drug-likeness (QED) is 0.366. The molecule has 4 atom stereocenters. The van der Waals surface area contributed by atoms with Crippen LogP contribution in [0, 0.1) is 10.8 Å². The highest BCUT2D eigenvalue weighted by atomic mass is 79.9. The molecule has 1 saturated carbocycles. The van der Waals surface area contributed by atoms with Crippen molar-refractivity contribution in [1.82, 2.24) is 0 Å². The average Bonchev–Trinajstić information content (AvgIpc) is 2.93. The van der Waals surface area contributed by atoms with Crippen molar-refractivity contribution >= 4 is 15.9 Å². The van der Waals surface area contributed by atoms with Gasteiger partial charge >= 0.3 is 0 Å². The minimum Gasteiger partial charge on any atom is -0.366 e. The van der Waals surface area contributed by atoms with Crippen LogP contribution in [0.4, 0.5) is 0 Å². The molecule has 3 aliphatic rings. The van der Waals surface area contributed by atoms with Crippen molar-refractivity contribution < 1.29 is 4.74 Å². The molecule has 1 spiro atoms. The van der Waals surface area contributed by atoms with Crippen molar-refractivity contribution in [2.75, 3.05) is 0 Å². The first-order valence-corrected chi connectivity index (χ1v) is 7.73. The third kappa shape index (κ3) is 1.46. The molecule has 1 unspecified atom stereocenters. The third-order valence-corrected chi connectivity index (χ3v) is 7.54. The van der Waals surface area contributed by atoms with Crippen molar-refractivity contribution in [1.29, 1.82) is 0 Å². The van der Waals surface area contributed by atoms with Gasteiger partial charge in [-0.1, -0.05) is 41.4 Å². The molecule has 0 radical (unpaired) electrons. The largest absolute Gasteiger partial charge is 0.366 e. The summed E-state index contributed by atoms with van der Waals surface area (Å²) in [6.45, 7) is 9.50. The number of halogens is 1. The number of hydrogen-bond donors (Lipinski definition) is 0. The van der Waals surface area contributed by atoms with Crippen LogP contribution in [0.15, 0.2) is 11.6 Å². The fraction of sp³-hybridized carbons (Fsp3) is 0.867. The van der Waals surface area contributed by atoms with Gasteiger partial charge in [0.2, 0.25) is 0 Å². The molecule has 96 valence electrons. The first-order chi connectivity index (χ1) is 7.82. The second-order valence-electron chi connectivity index (χ2n) is 7.02. The zero-order valence-electron chi connectivity index (χ0n) is 11.3. The SMILES string of the molecule is CC1=CCC(Br)C(C)(C)[C@@]12CC[C@]1(C)O[C@@H]1C2. The van der Waals surface area contributed by atoms with Gasteiger partial charge in [0.25, 0.3) is 0 Å². The van der Waals surface area contributed by atoms with Crippen molar-refractivity contribution in [3.8, 4) is 0 Å². The Bertz CT molecular complexity index is 386. The molecule has 17 heavy (non-hydrogen) atoms. The molecule has 0 aromatic carbocycles. The van der Waals surface area contributed by atoms with Crippen LogP contribution in [0.1, 0.15) is 53.4 Å². The van der Waals surface area contributed by atoms with E-state index in [9.17, 15) is 0 Å². The molecule has 0 bridgehead atoms. The minimum absolute atomic E-state index is 0.223. The molecule has 1 saturated heterocycles. The topological polar surface area (TPSA) is 12.5 Å². The van der Waals surface area contributed by atoms with E-state index in [-0.39, 0.29) is 5.60 Å². The summed E-state index contributed by atoms with van der Waals surface area (Å²) in [5.74, 6) is 0. The van der Waals surface area contributed by atoms with Gasteiger partial charge in [0.1, 0.15) is 0 Å². The van der Waals surface area contributed by atoms with Gasteiger partial charge < -0.3 is 4.74 Å². The number of rotatable bonds is 0. The Hall–Kier alpha value is 0.180. The van der Waals surface area contributed by atoms with E-state index in [1.165, 1.54) is 25.7 Å². The summed E-state index contributed by atoms with van der Waals surface area (Å²) in [6, 6.07) is 0. The van der Waals surface area contributed by atoms with Crippen molar-refractivity contribution in [3.05, 3.63) is 11.6 Å². The van der Waals surface area contributed by atoms with Crippen molar-refractivity contribution in [2.24, 2.45) is 10.8 Å². The molecule has 2 aliphatic carbocycles. The van der Waals surface area contributed by atoms with E-state index in [0.717, 1.165) is 0 Å². The van der Waals surface area contributed by atoms with Crippen LogP contribution < -0.4 is 0 Å². The molecule has 2 fully saturated rings. The number of alkyl halides is 1. The molecule has 0 aromatic rings. The first kappa shape index (κ1) is 12.2. The second kappa shape index (κ2) is 3.39. The Morgan fingerprint density at radius 2 is 2.00 bits per heavy atom. The second-order valence-corrected chi connectivity index (χ2v) is 8.12. The summed E-state index contributed by atoms with van der Waals surface area (Å²) < 4.78 is 5.93. The molecular weight excluding hydrogens is 276 g/mol. The highest BCUT2D eigenvalue weighted by Gasteiger charge is 2.64. The van der Waals surface area contributed by atoms with Gasteiger partial charge in [-0.05, 0) is 50.4 Å². The Balaban J connectivity index is 1.99. The van der Waals surface area contributed by atoms with Crippen molar-refractivity contribution in [3.63, 3.8) is 0 Å². The van der Waals surface area contributed by atoms with E-state index < -0.39 is 0 Å². The maximum atomic E-state index is 5.93. The normalized spacial score (nSPS) is 51.9. The summed E-state index contributed by atoms with van der Waals surface area (Å²) in [4.78, 5) is 0.599. The van der Waals surface area contributed by atoms with Crippen LogP contribution in [0.3, 0.4) is 0 Å². The summed E-state index contributed by atoms with van der Waals surface area (Å²) in [7, 11) is 0. The fourth-order valence-corrected chi connectivity index (χ4v) is 4.80. The Labute approximate surface area is 113 Å². The molecule has 0 aromatic heterocycles. The molecule has 1 heterocycles. The van der Waals surface area contributed by atoms with E-state index in [1.807, 2.05) is 0 Å². The number of epoxide rings is 1. The first-order valence-electron chi connectivity index (χ1n) is 6.81. The highest BCUT2D eigenvalue weighted by molar-refractivity contribution is 9.09. The van der Waals surface area contributed by atoms with E-state index in [4.69, 9.17) is 4.74 Å². The standard InChI is InChI=1S/C15H23BrO/c1-10-5-6-11(16)13(2,3)15(10)8-7-14(4)12(9-15)17-14/h5,11-12H,6-9H2,1-4H3/t11?,12-,14+,15-/m1/s1. The molecular formula is C15H23BrO. The monoisotopic (exact) mass is 298 g/mol. The van der Waals surface area contributed by atoms with Crippen LogP contribution >= 0.6 is 15.9 Å². The molecule has 3 rings (SSSR count). The van der Waals surface area contributed by atoms with Crippen LogP contribution in [-0.2, 0) is 4.74 Å². The van der Waals surface area contributed by atoms with Gasteiger partial charge in [-0.15, -0.1) is 0 Å². The van der Waals surface area contributed by atoms with Gasteiger partial charge in [-0.2, -0.15) is 0 Å². The third-order valence-electron chi connectivity index (χ3n) is 6.02. The van der Waals surface area contributed by atoms with Crippen LogP contribution in [-0.4, -0.2) is 16.5 Å². The summed E-state index contributed by atoms with van der Waals surface area (Å²) in [6.07, 6.45) is 7.88. The van der Waals surface area contributed by atoms with Gasteiger partial charge in [-0.3, -0.25) is 0 Å². The van der Waals surface area contributed by atoms with Gasteiger partial charge in [0.05, 0.1) is 11.7 Å². The van der Waals surface area contributed by atoms with Crippen molar-refractivity contribution in [2.45, 2.75) is 69.9 Å². The molecule has 2 heteroatoms. The predicted octanol–water partition coefficient (Wildman–Crippen LogP) is 4.45. The van der Waals surface area contributed by atoms with Gasteiger partial charge in [0.15, 0.2) is 0 Å². The maximum absolute atomic E-state index is 5.93. The maximum Gasteiger partial charge on any atom is 0.0921 e.